The van der Waals surface area contributed by atoms with Crippen LogP contribution in [0.2, 0.25) is 0 Å². The lowest BCUT2D eigenvalue weighted by Gasteiger charge is -2.03. The van der Waals surface area contributed by atoms with Gasteiger partial charge in [-0.3, -0.25) is 14.8 Å². The zero-order chi connectivity index (χ0) is 12.8. The van der Waals surface area contributed by atoms with Gasteiger partial charge in [-0.05, 0) is 6.07 Å². The van der Waals surface area contributed by atoms with Crippen LogP contribution in [0.1, 0.15) is 10.4 Å². The van der Waals surface area contributed by atoms with E-state index in [1.807, 2.05) is 0 Å². The Balaban J connectivity index is 2.28. The van der Waals surface area contributed by atoms with Crippen molar-refractivity contribution in [1.82, 2.24) is 15.0 Å². The topological polar surface area (TPSA) is 94.4 Å². The van der Waals surface area contributed by atoms with Gasteiger partial charge in [-0.1, -0.05) is 11.8 Å². The van der Waals surface area contributed by atoms with Crippen LogP contribution in [0.15, 0.2) is 52.3 Å². The highest BCUT2D eigenvalue weighted by Gasteiger charge is 2.15. The lowest BCUT2D eigenvalue weighted by atomic mass is 10.3. The lowest BCUT2D eigenvalue weighted by molar-refractivity contribution is 0.0504. The van der Waals surface area contributed by atoms with Crippen molar-refractivity contribution in [3.05, 3.63) is 47.5 Å². The Labute approximate surface area is 106 Å². The average Bonchev–Trinajstić information content (AvgIpc) is 2.41. The number of pyridine rings is 1. The van der Waals surface area contributed by atoms with Gasteiger partial charge in [-0.2, -0.15) is 0 Å². The second kappa shape index (κ2) is 5.82. The summed E-state index contributed by atoms with van der Waals surface area (Å²) >= 11 is 1.19. The first-order valence-corrected chi connectivity index (χ1v) is 5.55. The lowest BCUT2D eigenvalue weighted by Crippen LogP contribution is -2.02. The summed E-state index contributed by atoms with van der Waals surface area (Å²) in [5.74, 6) is -0.834. The van der Waals surface area contributed by atoms with Gasteiger partial charge in [-0.25, -0.2) is 9.78 Å². The summed E-state index contributed by atoms with van der Waals surface area (Å²) in [4.78, 5) is 37.8. The predicted molar refractivity (Wildman–Crippen MR) is 61.6 cm³/mol. The van der Waals surface area contributed by atoms with Crippen molar-refractivity contribution in [2.45, 2.75) is 9.92 Å². The van der Waals surface area contributed by atoms with E-state index >= 15 is 0 Å². The maximum Gasteiger partial charge on any atom is 0.370 e. The van der Waals surface area contributed by atoms with Crippen molar-refractivity contribution in [3.8, 4) is 0 Å². The van der Waals surface area contributed by atoms with E-state index in [1.54, 1.807) is 12.4 Å². The van der Waals surface area contributed by atoms with Crippen molar-refractivity contribution in [3.63, 3.8) is 0 Å². The summed E-state index contributed by atoms with van der Waals surface area (Å²) in [6, 6.07) is 1.44. The Hall–Kier alpha value is -2.35. The minimum Gasteiger partial charge on any atom is -0.279 e. The van der Waals surface area contributed by atoms with Crippen LogP contribution in [0, 0.1) is 4.91 Å². The number of rotatable bonds is 4. The van der Waals surface area contributed by atoms with E-state index in [0.717, 1.165) is 0 Å². The molecular formula is C10H6N4O3S. The summed E-state index contributed by atoms with van der Waals surface area (Å²) in [6.07, 6.45) is 7.51. The van der Waals surface area contributed by atoms with Crippen LogP contribution in [0.3, 0.4) is 0 Å². The van der Waals surface area contributed by atoms with E-state index in [1.165, 1.54) is 36.4 Å². The van der Waals surface area contributed by atoms with Gasteiger partial charge in [0.25, 0.3) is 0 Å². The SMILES string of the molecule is O=NOC(=O)c1ccncc1Sc1cnccn1. The first-order chi connectivity index (χ1) is 8.81. The fourth-order valence-corrected chi connectivity index (χ4v) is 1.99. The third-order valence-corrected chi connectivity index (χ3v) is 2.84. The van der Waals surface area contributed by atoms with E-state index in [0.29, 0.717) is 9.92 Å². The third kappa shape index (κ3) is 2.86. The van der Waals surface area contributed by atoms with Crippen molar-refractivity contribution in [1.29, 1.82) is 0 Å². The monoisotopic (exact) mass is 262 g/mol. The summed E-state index contributed by atoms with van der Waals surface area (Å²) in [7, 11) is 0. The fourth-order valence-electron chi connectivity index (χ4n) is 1.16. The van der Waals surface area contributed by atoms with E-state index in [9.17, 15) is 9.70 Å². The number of carbonyl (C=O) groups is 1. The molecule has 0 aromatic carbocycles. The molecule has 0 saturated carbocycles. The molecular weight excluding hydrogens is 256 g/mol. The highest BCUT2D eigenvalue weighted by Crippen LogP contribution is 2.28. The minimum absolute atomic E-state index is 0.195. The van der Waals surface area contributed by atoms with Gasteiger partial charge in [0.05, 0.1) is 11.8 Å². The van der Waals surface area contributed by atoms with E-state index in [2.05, 4.69) is 25.1 Å². The molecule has 0 bridgehead atoms. The van der Waals surface area contributed by atoms with Crippen molar-refractivity contribution < 1.29 is 9.63 Å². The Kier molecular flexibility index (Phi) is 3.92. The van der Waals surface area contributed by atoms with Gasteiger partial charge in [-0.15, -0.1) is 4.91 Å². The van der Waals surface area contributed by atoms with Crippen LogP contribution >= 0.6 is 11.8 Å². The van der Waals surface area contributed by atoms with Gasteiger partial charge >= 0.3 is 5.97 Å². The molecule has 0 aliphatic carbocycles. The normalized spacial score (nSPS) is 9.78. The molecule has 0 aliphatic rings. The van der Waals surface area contributed by atoms with E-state index in [4.69, 9.17) is 0 Å². The van der Waals surface area contributed by atoms with Crippen LogP contribution < -0.4 is 0 Å². The van der Waals surface area contributed by atoms with Crippen LogP contribution in [0.4, 0.5) is 0 Å². The molecule has 90 valence electrons. The molecule has 0 amide bonds. The van der Waals surface area contributed by atoms with Gasteiger partial charge < -0.3 is 0 Å². The molecule has 7 nitrogen and oxygen atoms in total. The summed E-state index contributed by atoms with van der Waals surface area (Å²) in [6.45, 7) is 0. The first-order valence-electron chi connectivity index (χ1n) is 4.73. The van der Waals surface area contributed by atoms with Gasteiger partial charge in [0.15, 0.2) is 5.34 Å². The Morgan fingerprint density at radius 3 is 2.78 bits per heavy atom. The molecule has 0 radical (unpaired) electrons. The average molecular weight is 262 g/mol. The number of hydrogen-bond donors (Lipinski definition) is 0. The van der Waals surface area contributed by atoms with Crippen molar-refractivity contribution >= 4 is 17.7 Å². The number of nitrogens with zero attached hydrogens (tertiary/aromatic N) is 4. The summed E-state index contributed by atoms with van der Waals surface area (Å²) < 4.78 is 0. The zero-order valence-electron chi connectivity index (χ0n) is 8.89. The molecule has 18 heavy (non-hydrogen) atoms. The van der Waals surface area contributed by atoms with Gasteiger partial charge in [0, 0.05) is 29.7 Å². The molecule has 2 aromatic heterocycles. The maximum absolute atomic E-state index is 11.5. The molecule has 0 aliphatic heterocycles. The fraction of sp³-hybridized carbons (Fsp3) is 0. The van der Waals surface area contributed by atoms with Crippen LogP contribution in [0.25, 0.3) is 0 Å². The number of aromatic nitrogens is 3. The third-order valence-electron chi connectivity index (χ3n) is 1.88. The largest absolute Gasteiger partial charge is 0.370 e. The maximum atomic E-state index is 11.5. The second-order valence-electron chi connectivity index (χ2n) is 2.97. The highest BCUT2D eigenvalue weighted by atomic mass is 32.2. The Morgan fingerprint density at radius 1 is 1.22 bits per heavy atom. The molecule has 8 heteroatoms. The van der Waals surface area contributed by atoms with Crippen LogP contribution in [0.5, 0.6) is 0 Å². The summed E-state index contributed by atoms with van der Waals surface area (Å²) in [5, 5.41) is 2.70. The quantitative estimate of drug-likeness (QED) is 0.613. The minimum atomic E-state index is -0.834. The number of hydrogen-bond acceptors (Lipinski definition) is 8. The van der Waals surface area contributed by atoms with Crippen molar-refractivity contribution in [2.75, 3.05) is 0 Å². The first kappa shape index (κ1) is 12.1. The molecule has 2 aromatic rings. The molecule has 0 saturated heterocycles. The van der Waals surface area contributed by atoms with Crippen LogP contribution in [-0.4, -0.2) is 20.9 Å². The second-order valence-corrected chi connectivity index (χ2v) is 4.03. The Bertz CT molecular complexity index is 564. The number of carbonyl (C=O) groups excluding carboxylic acids is 1. The van der Waals surface area contributed by atoms with Crippen LogP contribution in [-0.2, 0) is 4.84 Å². The van der Waals surface area contributed by atoms with Crippen molar-refractivity contribution in [2.24, 2.45) is 5.34 Å². The summed E-state index contributed by atoms with van der Waals surface area (Å²) in [5.41, 5.74) is 0.195. The molecule has 0 fully saturated rings. The zero-order valence-corrected chi connectivity index (χ0v) is 9.70. The molecule has 2 rings (SSSR count). The van der Waals surface area contributed by atoms with Gasteiger partial charge in [0.1, 0.15) is 5.03 Å². The molecule has 2 heterocycles. The smallest absolute Gasteiger partial charge is 0.279 e. The molecule has 0 N–H and O–H groups in total. The van der Waals surface area contributed by atoms with E-state index < -0.39 is 5.97 Å². The van der Waals surface area contributed by atoms with Gasteiger partial charge in [0.2, 0.25) is 0 Å². The highest BCUT2D eigenvalue weighted by molar-refractivity contribution is 7.99. The molecule has 0 spiro atoms. The standard InChI is InChI=1S/C10H6N4O3S/c15-10(17-14-16)7-1-2-11-5-8(7)18-9-6-12-3-4-13-9/h1-6H. The predicted octanol–water partition coefficient (Wildman–Crippen LogP) is 1.86. The van der Waals surface area contributed by atoms with E-state index in [-0.39, 0.29) is 5.56 Å². The molecule has 0 atom stereocenters. The molecule has 0 unspecified atom stereocenters. The Morgan fingerprint density at radius 2 is 2.06 bits per heavy atom.